The first-order valence-electron chi connectivity index (χ1n) is 6.33. The second-order valence-corrected chi connectivity index (χ2v) is 5.75. The highest BCUT2D eigenvalue weighted by atomic mass is 35.5. The van der Waals surface area contributed by atoms with Crippen molar-refractivity contribution >= 4 is 23.2 Å². The quantitative estimate of drug-likeness (QED) is 0.807. The predicted molar refractivity (Wildman–Crippen MR) is 76.7 cm³/mol. The molecule has 0 amide bonds. The van der Waals surface area contributed by atoms with Gasteiger partial charge in [-0.25, -0.2) is 0 Å². The summed E-state index contributed by atoms with van der Waals surface area (Å²) in [5.41, 5.74) is 1.54. The van der Waals surface area contributed by atoms with Crippen molar-refractivity contribution in [3.05, 3.63) is 33.8 Å². The Balaban J connectivity index is 2.04. The summed E-state index contributed by atoms with van der Waals surface area (Å²) in [5, 5.41) is 4.74. The van der Waals surface area contributed by atoms with Crippen LogP contribution in [0.5, 0.6) is 0 Å². The van der Waals surface area contributed by atoms with E-state index in [0.717, 1.165) is 19.7 Å². The third-order valence-electron chi connectivity index (χ3n) is 3.79. The normalized spacial score (nSPS) is 17.5. The molecule has 1 aliphatic rings. The molecular formula is C14H19Cl2NO. The highest BCUT2D eigenvalue weighted by Gasteiger charge is 2.38. The monoisotopic (exact) mass is 287 g/mol. The van der Waals surface area contributed by atoms with Crippen LogP contribution in [0.3, 0.4) is 0 Å². The first-order chi connectivity index (χ1) is 8.68. The topological polar surface area (TPSA) is 21.3 Å². The zero-order valence-electron chi connectivity index (χ0n) is 10.6. The molecule has 4 heteroatoms. The minimum absolute atomic E-state index is 0.238. The van der Waals surface area contributed by atoms with E-state index in [-0.39, 0.29) is 5.41 Å². The fraction of sp³-hybridized carbons (Fsp3) is 0.571. The molecule has 100 valence electrons. The third-order valence-corrected chi connectivity index (χ3v) is 4.53. The number of halogens is 2. The van der Waals surface area contributed by atoms with Crippen LogP contribution in [-0.4, -0.2) is 26.8 Å². The van der Waals surface area contributed by atoms with Crippen molar-refractivity contribution in [2.24, 2.45) is 0 Å². The zero-order chi connectivity index (χ0) is 13.0. The van der Waals surface area contributed by atoms with Gasteiger partial charge in [0.15, 0.2) is 0 Å². The van der Waals surface area contributed by atoms with Crippen LogP contribution in [0.1, 0.15) is 24.8 Å². The number of benzene rings is 1. The molecule has 0 heterocycles. The van der Waals surface area contributed by atoms with Crippen LogP contribution in [0.2, 0.25) is 10.0 Å². The Morgan fingerprint density at radius 1 is 1.28 bits per heavy atom. The van der Waals surface area contributed by atoms with Crippen LogP contribution >= 0.6 is 23.2 Å². The standard InChI is InChI=1S/C14H19Cl2NO/c1-18-8-7-17-10-14(5-2-6-14)11-3-4-12(15)13(16)9-11/h3-4,9,17H,2,5-8,10H2,1H3. The van der Waals surface area contributed by atoms with Crippen LogP contribution in [0, 0.1) is 0 Å². The van der Waals surface area contributed by atoms with E-state index in [1.807, 2.05) is 12.1 Å². The lowest BCUT2D eigenvalue weighted by atomic mass is 9.64. The zero-order valence-corrected chi connectivity index (χ0v) is 12.2. The van der Waals surface area contributed by atoms with Gasteiger partial charge in [0.05, 0.1) is 16.7 Å². The van der Waals surface area contributed by atoms with Gasteiger partial charge in [0, 0.05) is 25.6 Å². The molecule has 2 rings (SSSR count). The van der Waals surface area contributed by atoms with Crippen molar-refractivity contribution in [3.8, 4) is 0 Å². The van der Waals surface area contributed by atoms with Gasteiger partial charge in [-0.3, -0.25) is 0 Å². The van der Waals surface area contributed by atoms with Gasteiger partial charge in [0.2, 0.25) is 0 Å². The maximum atomic E-state index is 6.11. The van der Waals surface area contributed by atoms with Crippen LogP contribution in [0.4, 0.5) is 0 Å². The fourth-order valence-electron chi connectivity index (χ4n) is 2.50. The van der Waals surface area contributed by atoms with Crippen molar-refractivity contribution in [3.63, 3.8) is 0 Å². The Labute approximate surface area is 119 Å². The molecule has 0 saturated heterocycles. The largest absolute Gasteiger partial charge is 0.383 e. The Hall–Kier alpha value is -0.280. The summed E-state index contributed by atoms with van der Waals surface area (Å²) >= 11 is 12.1. The molecule has 1 N–H and O–H groups in total. The summed E-state index contributed by atoms with van der Waals surface area (Å²) in [6.07, 6.45) is 3.71. The maximum Gasteiger partial charge on any atom is 0.0595 e. The van der Waals surface area contributed by atoms with E-state index in [2.05, 4.69) is 11.4 Å². The van der Waals surface area contributed by atoms with E-state index in [1.165, 1.54) is 24.8 Å². The van der Waals surface area contributed by atoms with Gasteiger partial charge >= 0.3 is 0 Å². The highest BCUT2D eigenvalue weighted by Crippen LogP contribution is 2.44. The SMILES string of the molecule is COCCNCC1(c2ccc(Cl)c(Cl)c2)CCC1. The number of methoxy groups -OCH3 is 1. The number of hydrogen-bond donors (Lipinski definition) is 1. The van der Waals surface area contributed by atoms with Gasteiger partial charge in [0.1, 0.15) is 0 Å². The van der Waals surface area contributed by atoms with Gasteiger partial charge in [0.25, 0.3) is 0 Å². The Bertz CT molecular complexity index is 405. The molecule has 1 aliphatic carbocycles. The van der Waals surface area contributed by atoms with Gasteiger partial charge < -0.3 is 10.1 Å². The maximum absolute atomic E-state index is 6.11. The van der Waals surface area contributed by atoms with Crippen molar-refractivity contribution in [2.45, 2.75) is 24.7 Å². The molecule has 0 aromatic heterocycles. The van der Waals surface area contributed by atoms with E-state index < -0.39 is 0 Å². The summed E-state index contributed by atoms with van der Waals surface area (Å²) in [5.74, 6) is 0. The van der Waals surface area contributed by atoms with Crippen molar-refractivity contribution < 1.29 is 4.74 Å². The first-order valence-corrected chi connectivity index (χ1v) is 7.09. The van der Waals surface area contributed by atoms with Crippen LogP contribution in [0.25, 0.3) is 0 Å². The molecule has 1 aromatic rings. The van der Waals surface area contributed by atoms with Gasteiger partial charge in [-0.05, 0) is 30.5 Å². The summed E-state index contributed by atoms with van der Waals surface area (Å²) in [7, 11) is 1.72. The average molecular weight is 288 g/mol. The predicted octanol–water partition coefficient (Wildman–Crippen LogP) is 3.65. The minimum Gasteiger partial charge on any atom is -0.383 e. The summed E-state index contributed by atoms with van der Waals surface area (Å²) in [4.78, 5) is 0. The van der Waals surface area contributed by atoms with Crippen LogP contribution in [-0.2, 0) is 10.2 Å². The van der Waals surface area contributed by atoms with Gasteiger partial charge in [-0.2, -0.15) is 0 Å². The second kappa shape index (κ2) is 6.25. The molecule has 18 heavy (non-hydrogen) atoms. The molecule has 1 fully saturated rings. The van der Waals surface area contributed by atoms with Crippen molar-refractivity contribution in [1.29, 1.82) is 0 Å². The highest BCUT2D eigenvalue weighted by molar-refractivity contribution is 6.42. The van der Waals surface area contributed by atoms with Gasteiger partial charge in [-0.1, -0.05) is 35.7 Å². The number of hydrogen-bond acceptors (Lipinski definition) is 2. The van der Waals surface area contributed by atoms with E-state index in [9.17, 15) is 0 Å². The van der Waals surface area contributed by atoms with Crippen LogP contribution < -0.4 is 5.32 Å². The second-order valence-electron chi connectivity index (χ2n) is 4.93. The lowest BCUT2D eigenvalue weighted by molar-refractivity contribution is 0.185. The van der Waals surface area contributed by atoms with Crippen molar-refractivity contribution in [2.75, 3.05) is 26.8 Å². The molecular weight excluding hydrogens is 269 g/mol. The minimum atomic E-state index is 0.238. The Kier molecular flexibility index (Phi) is 4.91. The number of ether oxygens (including phenoxy) is 1. The molecule has 0 unspecified atom stereocenters. The molecule has 0 spiro atoms. The van der Waals surface area contributed by atoms with Gasteiger partial charge in [-0.15, -0.1) is 0 Å². The average Bonchev–Trinajstić information content (AvgIpc) is 2.31. The molecule has 0 aliphatic heterocycles. The van der Waals surface area contributed by atoms with Crippen LogP contribution in [0.15, 0.2) is 18.2 Å². The third kappa shape index (κ3) is 3.00. The van der Waals surface area contributed by atoms with E-state index in [1.54, 1.807) is 7.11 Å². The van der Waals surface area contributed by atoms with Crippen molar-refractivity contribution in [1.82, 2.24) is 5.32 Å². The number of rotatable bonds is 6. The summed E-state index contributed by atoms with van der Waals surface area (Å²) in [6.45, 7) is 2.62. The van der Waals surface area contributed by atoms with E-state index in [0.29, 0.717) is 10.0 Å². The summed E-state index contributed by atoms with van der Waals surface area (Å²) < 4.78 is 5.05. The number of nitrogens with one attached hydrogen (secondary N) is 1. The Morgan fingerprint density at radius 2 is 2.06 bits per heavy atom. The molecule has 0 bridgehead atoms. The molecule has 1 saturated carbocycles. The molecule has 2 nitrogen and oxygen atoms in total. The fourth-order valence-corrected chi connectivity index (χ4v) is 2.80. The lowest BCUT2D eigenvalue weighted by Crippen LogP contribution is -2.44. The smallest absolute Gasteiger partial charge is 0.0595 e. The summed E-state index contributed by atoms with van der Waals surface area (Å²) in [6, 6.07) is 6.01. The first kappa shape index (κ1) is 14.1. The lowest BCUT2D eigenvalue weighted by Gasteiger charge is -2.43. The molecule has 0 atom stereocenters. The molecule has 1 aromatic carbocycles. The van der Waals surface area contributed by atoms with E-state index >= 15 is 0 Å². The van der Waals surface area contributed by atoms with E-state index in [4.69, 9.17) is 27.9 Å². The molecule has 0 radical (unpaired) electrons. The Morgan fingerprint density at radius 3 is 2.61 bits per heavy atom.